The lowest BCUT2D eigenvalue weighted by molar-refractivity contribution is 0.0984. The Bertz CT molecular complexity index is 1090. The standard InChI is InChI=1S/C24H29FNO5PS/c1-17-3-2-4-20(13-17)33-21-9-10-22(23(25)14-21)19-7-5-18(6-8-19)11-12-24(26,15-27)16-31-32(28,29)30/h2-5,7-10,13-14,18,27H,6,11-12,15-16,26H2,1H3,(H2,28,29,30). The molecule has 178 valence electrons. The summed E-state index contributed by atoms with van der Waals surface area (Å²) in [7, 11) is -4.66. The summed E-state index contributed by atoms with van der Waals surface area (Å²) >= 11 is 1.52. The van der Waals surface area contributed by atoms with Gasteiger partial charge < -0.3 is 20.6 Å². The normalized spacial score (nSPS) is 18.1. The summed E-state index contributed by atoms with van der Waals surface area (Å²) in [6.45, 7) is 1.13. The number of phosphoric acid groups is 1. The van der Waals surface area contributed by atoms with Crippen LogP contribution in [-0.2, 0) is 9.09 Å². The molecule has 2 unspecified atom stereocenters. The topological polar surface area (TPSA) is 113 Å². The molecule has 0 amide bonds. The van der Waals surface area contributed by atoms with E-state index >= 15 is 0 Å². The summed E-state index contributed by atoms with van der Waals surface area (Å²) in [5, 5.41) is 9.53. The first-order valence-electron chi connectivity index (χ1n) is 10.6. The predicted octanol–water partition coefficient (Wildman–Crippen LogP) is 4.82. The number of rotatable bonds is 10. The van der Waals surface area contributed by atoms with Crippen LogP contribution in [0.15, 0.2) is 70.5 Å². The van der Waals surface area contributed by atoms with Crippen LogP contribution in [0.1, 0.15) is 30.4 Å². The van der Waals surface area contributed by atoms with Gasteiger partial charge >= 0.3 is 7.82 Å². The van der Waals surface area contributed by atoms with Crippen LogP contribution in [0.25, 0.3) is 5.57 Å². The molecule has 2 aromatic rings. The van der Waals surface area contributed by atoms with Crippen LogP contribution in [0.5, 0.6) is 0 Å². The van der Waals surface area contributed by atoms with Crippen LogP contribution in [0.4, 0.5) is 4.39 Å². The Labute approximate surface area is 197 Å². The van der Waals surface area contributed by atoms with Gasteiger partial charge in [-0.1, -0.05) is 53.8 Å². The highest BCUT2D eigenvalue weighted by Crippen LogP contribution is 2.37. The fourth-order valence-electron chi connectivity index (χ4n) is 3.57. The van der Waals surface area contributed by atoms with E-state index in [2.05, 4.69) is 10.6 Å². The average Bonchev–Trinajstić information content (AvgIpc) is 2.77. The highest BCUT2D eigenvalue weighted by Gasteiger charge is 2.29. The highest BCUT2D eigenvalue weighted by atomic mass is 32.2. The van der Waals surface area contributed by atoms with Gasteiger partial charge in [-0.2, -0.15) is 0 Å². The molecule has 0 aliphatic heterocycles. The zero-order chi connectivity index (χ0) is 24.1. The van der Waals surface area contributed by atoms with E-state index in [0.717, 1.165) is 20.9 Å². The highest BCUT2D eigenvalue weighted by molar-refractivity contribution is 7.99. The molecule has 0 bridgehead atoms. The van der Waals surface area contributed by atoms with Crippen molar-refractivity contribution in [3.8, 4) is 0 Å². The lowest BCUT2D eigenvalue weighted by Gasteiger charge is -2.28. The van der Waals surface area contributed by atoms with Gasteiger partial charge in [-0.05, 0) is 61.9 Å². The number of allylic oxidation sites excluding steroid dienone is 4. The van der Waals surface area contributed by atoms with E-state index in [9.17, 15) is 14.1 Å². The Morgan fingerprint density at radius 3 is 2.61 bits per heavy atom. The number of aliphatic hydroxyl groups is 1. The molecule has 0 fully saturated rings. The van der Waals surface area contributed by atoms with Crippen molar-refractivity contribution in [2.45, 2.75) is 41.5 Å². The number of aliphatic hydroxyl groups excluding tert-OH is 1. The predicted molar refractivity (Wildman–Crippen MR) is 128 cm³/mol. The fourth-order valence-corrected chi connectivity index (χ4v) is 4.96. The van der Waals surface area contributed by atoms with Crippen molar-refractivity contribution in [3.63, 3.8) is 0 Å². The lowest BCUT2D eigenvalue weighted by Crippen LogP contribution is -2.48. The van der Waals surface area contributed by atoms with Crippen molar-refractivity contribution >= 4 is 25.2 Å². The lowest BCUT2D eigenvalue weighted by atomic mass is 9.86. The third-order valence-corrected chi connectivity index (χ3v) is 6.96. The summed E-state index contributed by atoms with van der Waals surface area (Å²) in [6, 6.07) is 13.3. The first kappa shape index (κ1) is 25.8. The zero-order valence-corrected chi connectivity index (χ0v) is 20.1. The van der Waals surface area contributed by atoms with Crippen molar-refractivity contribution in [1.29, 1.82) is 0 Å². The molecule has 0 heterocycles. The zero-order valence-electron chi connectivity index (χ0n) is 18.4. The molecule has 6 nitrogen and oxygen atoms in total. The second-order valence-electron chi connectivity index (χ2n) is 8.40. The van der Waals surface area contributed by atoms with E-state index in [1.54, 1.807) is 12.1 Å². The Balaban J connectivity index is 1.58. The molecule has 1 aliphatic carbocycles. The van der Waals surface area contributed by atoms with Gasteiger partial charge in [0.1, 0.15) is 5.82 Å². The Kier molecular flexibility index (Phi) is 8.70. The van der Waals surface area contributed by atoms with E-state index in [1.165, 1.54) is 11.8 Å². The third kappa shape index (κ3) is 7.90. The fraction of sp³-hybridized carbons (Fsp3) is 0.333. The summed E-state index contributed by atoms with van der Waals surface area (Å²) in [5.41, 5.74) is 7.29. The van der Waals surface area contributed by atoms with Gasteiger partial charge in [0.15, 0.2) is 0 Å². The number of hydrogen-bond donors (Lipinski definition) is 4. The molecule has 2 atom stereocenters. The van der Waals surface area contributed by atoms with E-state index in [1.807, 2.05) is 49.4 Å². The third-order valence-electron chi connectivity index (χ3n) is 5.51. The van der Waals surface area contributed by atoms with Crippen LogP contribution in [0.3, 0.4) is 0 Å². The Morgan fingerprint density at radius 2 is 2.00 bits per heavy atom. The molecule has 1 aliphatic rings. The van der Waals surface area contributed by atoms with E-state index in [0.29, 0.717) is 24.8 Å². The molecule has 5 N–H and O–H groups in total. The maximum absolute atomic E-state index is 14.8. The van der Waals surface area contributed by atoms with Crippen molar-refractivity contribution in [2.24, 2.45) is 11.7 Å². The summed E-state index contributed by atoms with van der Waals surface area (Å²) < 4.78 is 30.2. The molecule has 0 spiro atoms. The summed E-state index contributed by atoms with van der Waals surface area (Å²) in [5.74, 6) is -0.157. The smallest absolute Gasteiger partial charge is 0.394 e. The van der Waals surface area contributed by atoms with E-state index in [-0.39, 0.29) is 11.7 Å². The number of phosphoric ester groups is 1. The molecule has 0 aromatic heterocycles. The van der Waals surface area contributed by atoms with E-state index < -0.39 is 26.6 Å². The number of aryl methyl sites for hydroxylation is 1. The Hall–Kier alpha value is -1.77. The largest absolute Gasteiger partial charge is 0.469 e. The minimum absolute atomic E-state index is 0.123. The minimum atomic E-state index is -4.66. The van der Waals surface area contributed by atoms with Crippen LogP contribution in [0.2, 0.25) is 0 Å². The minimum Gasteiger partial charge on any atom is -0.394 e. The summed E-state index contributed by atoms with van der Waals surface area (Å²) in [4.78, 5) is 19.6. The van der Waals surface area contributed by atoms with Gasteiger partial charge in [0, 0.05) is 15.4 Å². The van der Waals surface area contributed by atoms with Gasteiger partial charge in [0.2, 0.25) is 0 Å². The van der Waals surface area contributed by atoms with Gasteiger partial charge in [-0.25, -0.2) is 8.96 Å². The first-order chi connectivity index (χ1) is 15.6. The summed E-state index contributed by atoms with van der Waals surface area (Å²) in [6.07, 6.45) is 7.41. The molecule has 33 heavy (non-hydrogen) atoms. The SMILES string of the molecule is Cc1cccc(Sc2ccc(C3=CCC(CCC(N)(CO)COP(=O)(O)O)C=C3)c(F)c2)c1. The molecule has 0 radical (unpaired) electrons. The molecular formula is C24H29FNO5PS. The average molecular weight is 494 g/mol. The molecule has 3 rings (SSSR count). The van der Waals surface area contributed by atoms with Gasteiger partial charge in [-0.15, -0.1) is 0 Å². The van der Waals surface area contributed by atoms with Crippen molar-refractivity contribution in [2.75, 3.05) is 13.2 Å². The molecular weight excluding hydrogens is 464 g/mol. The van der Waals surface area contributed by atoms with E-state index in [4.69, 9.17) is 15.5 Å². The molecule has 0 saturated carbocycles. The quantitative estimate of drug-likeness (QED) is 0.351. The van der Waals surface area contributed by atoms with Crippen LogP contribution in [0, 0.1) is 18.7 Å². The second kappa shape index (κ2) is 11.1. The maximum Gasteiger partial charge on any atom is 0.469 e. The van der Waals surface area contributed by atoms with Crippen LogP contribution < -0.4 is 5.73 Å². The molecule has 2 aromatic carbocycles. The monoisotopic (exact) mass is 493 g/mol. The molecule has 9 heteroatoms. The van der Waals surface area contributed by atoms with Crippen LogP contribution in [-0.4, -0.2) is 33.6 Å². The first-order valence-corrected chi connectivity index (χ1v) is 12.9. The number of nitrogens with two attached hydrogens (primary N) is 1. The van der Waals surface area contributed by atoms with Crippen molar-refractivity contribution in [3.05, 3.63) is 77.6 Å². The molecule has 0 saturated heterocycles. The van der Waals surface area contributed by atoms with Crippen molar-refractivity contribution < 1.29 is 28.4 Å². The van der Waals surface area contributed by atoms with Crippen molar-refractivity contribution in [1.82, 2.24) is 0 Å². The second-order valence-corrected chi connectivity index (χ2v) is 10.8. The maximum atomic E-state index is 14.8. The van der Waals surface area contributed by atoms with Gasteiger partial charge in [0.05, 0.1) is 18.8 Å². The van der Waals surface area contributed by atoms with Gasteiger partial charge in [0.25, 0.3) is 0 Å². The number of halogens is 1. The number of benzene rings is 2. The van der Waals surface area contributed by atoms with Crippen LogP contribution >= 0.6 is 19.6 Å². The Morgan fingerprint density at radius 1 is 1.24 bits per heavy atom. The number of hydrogen-bond acceptors (Lipinski definition) is 5. The van der Waals surface area contributed by atoms with Gasteiger partial charge in [-0.3, -0.25) is 4.52 Å².